The molecule has 3 rings (SSSR count). The summed E-state index contributed by atoms with van der Waals surface area (Å²) in [5.74, 6) is -1.87. The monoisotopic (exact) mass is 457 g/mol. The molecule has 2 amide bonds. The van der Waals surface area contributed by atoms with Crippen LogP contribution in [0.15, 0.2) is 53.7 Å². The van der Waals surface area contributed by atoms with Gasteiger partial charge >= 0.3 is 5.97 Å². The van der Waals surface area contributed by atoms with Crippen LogP contribution in [0, 0.1) is 5.82 Å². The van der Waals surface area contributed by atoms with Gasteiger partial charge in [0.1, 0.15) is 11.6 Å². The van der Waals surface area contributed by atoms with Crippen molar-refractivity contribution in [1.82, 2.24) is 14.8 Å². The number of rotatable bonds is 9. The lowest BCUT2D eigenvalue weighted by molar-refractivity contribution is -0.116. The van der Waals surface area contributed by atoms with Gasteiger partial charge < -0.3 is 20.3 Å². The Balaban J connectivity index is 1.57. The number of hydrogen-bond acceptors (Lipinski definition) is 6. The van der Waals surface area contributed by atoms with E-state index in [4.69, 9.17) is 5.11 Å². The number of carbonyl (C=O) groups is 3. The smallest absolute Gasteiger partial charge is 0.335 e. The van der Waals surface area contributed by atoms with Crippen LogP contribution in [0.3, 0.4) is 0 Å². The van der Waals surface area contributed by atoms with Crippen molar-refractivity contribution in [2.75, 3.05) is 16.4 Å². The third-order valence-electron chi connectivity index (χ3n) is 4.32. The van der Waals surface area contributed by atoms with E-state index in [1.54, 1.807) is 10.6 Å². The van der Waals surface area contributed by atoms with E-state index < -0.39 is 17.7 Å². The van der Waals surface area contributed by atoms with Crippen LogP contribution in [0.25, 0.3) is 0 Å². The average Bonchev–Trinajstić information content (AvgIpc) is 3.15. The number of nitrogens with one attached hydrogen (secondary N) is 2. The van der Waals surface area contributed by atoms with E-state index in [9.17, 15) is 18.8 Å². The van der Waals surface area contributed by atoms with Gasteiger partial charge in [0.25, 0.3) is 0 Å². The molecule has 166 valence electrons. The number of aromatic carboxylic acids is 1. The van der Waals surface area contributed by atoms with Crippen molar-refractivity contribution >= 4 is 40.9 Å². The predicted octanol–water partition coefficient (Wildman–Crippen LogP) is 3.05. The summed E-state index contributed by atoms with van der Waals surface area (Å²) in [5.41, 5.74) is 0.686. The Morgan fingerprint density at radius 1 is 1.03 bits per heavy atom. The molecule has 0 saturated carbocycles. The molecule has 1 aromatic heterocycles. The number of anilines is 2. The third kappa shape index (κ3) is 5.91. The Labute approximate surface area is 187 Å². The summed E-state index contributed by atoms with van der Waals surface area (Å²) in [6.45, 7) is 2.34. The first-order chi connectivity index (χ1) is 15.4. The van der Waals surface area contributed by atoms with Gasteiger partial charge in [-0.05, 0) is 43.3 Å². The number of amides is 2. The number of carboxylic acid groups (broad SMARTS) is 1. The number of para-hydroxylation sites is 1. The first-order valence-corrected chi connectivity index (χ1v) is 10.6. The maximum Gasteiger partial charge on any atom is 0.335 e. The van der Waals surface area contributed by atoms with E-state index in [0.29, 0.717) is 23.2 Å². The van der Waals surface area contributed by atoms with Crippen LogP contribution in [0.1, 0.15) is 23.1 Å². The van der Waals surface area contributed by atoms with E-state index in [2.05, 4.69) is 20.8 Å². The lowest BCUT2D eigenvalue weighted by Crippen LogP contribution is -2.18. The topological polar surface area (TPSA) is 126 Å². The van der Waals surface area contributed by atoms with Crippen LogP contribution in [0.4, 0.5) is 15.8 Å². The second-order valence-corrected chi connectivity index (χ2v) is 7.51. The Bertz CT molecular complexity index is 1130. The molecule has 0 unspecified atom stereocenters. The van der Waals surface area contributed by atoms with Gasteiger partial charge in [-0.2, -0.15) is 0 Å². The Hall–Kier alpha value is -3.73. The zero-order valence-corrected chi connectivity index (χ0v) is 17.9. The van der Waals surface area contributed by atoms with Gasteiger partial charge in [-0.1, -0.05) is 23.9 Å². The fourth-order valence-electron chi connectivity index (χ4n) is 2.80. The van der Waals surface area contributed by atoms with Crippen molar-refractivity contribution in [3.63, 3.8) is 0 Å². The predicted molar refractivity (Wildman–Crippen MR) is 117 cm³/mol. The van der Waals surface area contributed by atoms with Crippen molar-refractivity contribution in [2.45, 2.75) is 25.0 Å². The molecule has 9 nitrogen and oxygen atoms in total. The highest BCUT2D eigenvalue weighted by Gasteiger charge is 2.17. The zero-order valence-electron chi connectivity index (χ0n) is 17.0. The lowest BCUT2D eigenvalue weighted by Gasteiger charge is -2.09. The molecule has 11 heteroatoms. The largest absolute Gasteiger partial charge is 0.478 e. The van der Waals surface area contributed by atoms with Gasteiger partial charge in [0.2, 0.25) is 11.8 Å². The summed E-state index contributed by atoms with van der Waals surface area (Å²) >= 11 is 1.15. The number of benzene rings is 2. The SMILES string of the molecule is CCn1c(CC(=O)Nc2ccccc2F)nnc1SCC(=O)Nc1ccc(C(=O)O)cc1. The summed E-state index contributed by atoms with van der Waals surface area (Å²) in [6, 6.07) is 11.7. The van der Waals surface area contributed by atoms with E-state index in [1.807, 2.05) is 6.92 Å². The van der Waals surface area contributed by atoms with Gasteiger partial charge in [0.05, 0.1) is 23.4 Å². The van der Waals surface area contributed by atoms with Crippen molar-refractivity contribution < 1.29 is 23.9 Å². The normalized spacial score (nSPS) is 10.6. The highest BCUT2D eigenvalue weighted by Crippen LogP contribution is 2.19. The highest BCUT2D eigenvalue weighted by molar-refractivity contribution is 7.99. The second kappa shape index (κ2) is 10.5. The molecule has 0 saturated heterocycles. The van der Waals surface area contributed by atoms with E-state index in [0.717, 1.165) is 11.8 Å². The molecule has 0 atom stereocenters. The maximum absolute atomic E-state index is 13.7. The number of nitrogens with zero attached hydrogens (tertiary/aromatic N) is 3. The fraction of sp³-hybridized carbons (Fsp3) is 0.190. The Morgan fingerprint density at radius 3 is 2.41 bits per heavy atom. The first kappa shape index (κ1) is 22.9. The number of halogens is 1. The Kier molecular flexibility index (Phi) is 7.55. The van der Waals surface area contributed by atoms with Gasteiger partial charge in [-0.15, -0.1) is 10.2 Å². The van der Waals surface area contributed by atoms with Crippen LogP contribution in [-0.4, -0.2) is 43.4 Å². The standard InChI is InChI=1S/C21H20FN5O4S/c1-2-27-17(11-18(28)24-16-6-4-3-5-15(16)22)25-26-21(27)32-12-19(29)23-14-9-7-13(8-10-14)20(30)31/h3-10H,2,11-12H2,1H3,(H,23,29)(H,24,28)(H,30,31). The number of aromatic nitrogens is 3. The summed E-state index contributed by atoms with van der Waals surface area (Å²) in [5, 5.41) is 22.6. The quantitative estimate of drug-likeness (QED) is 0.422. The van der Waals surface area contributed by atoms with E-state index >= 15 is 0 Å². The summed E-state index contributed by atoms with van der Waals surface area (Å²) < 4.78 is 15.4. The average molecular weight is 457 g/mol. The van der Waals surface area contributed by atoms with Crippen LogP contribution >= 0.6 is 11.8 Å². The molecule has 2 aromatic carbocycles. The third-order valence-corrected chi connectivity index (χ3v) is 5.29. The van der Waals surface area contributed by atoms with Gasteiger partial charge in [-0.25, -0.2) is 9.18 Å². The van der Waals surface area contributed by atoms with Gasteiger partial charge in [0.15, 0.2) is 5.16 Å². The number of carboxylic acids is 1. The molecule has 0 aliphatic carbocycles. The van der Waals surface area contributed by atoms with Crippen LogP contribution in [-0.2, 0) is 22.6 Å². The highest BCUT2D eigenvalue weighted by atomic mass is 32.2. The molecule has 3 aromatic rings. The minimum atomic E-state index is -1.05. The fourth-order valence-corrected chi connectivity index (χ4v) is 3.62. The molecule has 1 heterocycles. The zero-order chi connectivity index (χ0) is 23.1. The number of hydrogen-bond donors (Lipinski definition) is 3. The first-order valence-electron chi connectivity index (χ1n) is 9.59. The minimum absolute atomic E-state index is 0.0419. The van der Waals surface area contributed by atoms with Crippen LogP contribution in [0.2, 0.25) is 0 Å². The van der Waals surface area contributed by atoms with Crippen molar-refractivity contribution in [1.29, 1.82) is 0 Å². The molecular formula is C21H20FN5O4S. The lowest BCUT2D eigenvalue weighted by atomic mass is 10.2. The van der Waals surface area contributed by atoms with Gasteiger partial charge in [-0.3, -0.25) is 9.59 Å². The van der Waals surface area contributed by atoms with Crippen molar-refractivity contribution in [2.24, 2.45) is 0 Å². The molecule has 3 N–H and O–H groups in total. The number of carbonyl (C=O) groups excluding carboxylic acids is 2. The van der Waals surface area contributed by atoms with Crippen LogP contribution in [0.5, 0.6) is 0 Å². The second-order valence-electron chi connectivity index (χ2n) is 6.57. The van der Waals surface area contributed by atoms with Crippen molar-refractivity contribution in [3.05, 3.63) is 65.7 Å². The molecule has 0 aliphatic rings. The molecule has 0 radical (unpaired) electrons. The molecule has 0 fully saturated rings. The summed E-state index contributed by atoms with van der Waals surface area (Å²) in [7, 11) is 0. The minimum Gasteiger partial charge on any atom is -0.478 e. The summed E-state index contributed by atoms with van der Waals surface area (Å²) in [4.78, 5) is 35.4. The molecular weight excluding hydrogens is 437 g/mol. The molecule has 0 aliphatic heterocycles. The van der Waals surface area contributed by atoms with Gasteiger partial charge in [0, 0.05) is 12.2 Å². The number of thioether (sulfide) groups is 1. The molecule has 0 spiro atoms. The van der Waals surface area contributed by atoms with Crippen molar-refractivity contribution in [3.8, 4) is 0 Å². The molecule has 32 heavy (non-hydrogen) atoms. The maximum atomic E-state index is 13.7. The molecule has 0 bridgehead atoms. The van der Waals surface area contributed by atoms with Crippen LogP contribution < -0.4 is 10.6 Å². The Morgan fingerprint density at radius 2 is 1.75 bits per heavy atom. The van der Waals surface area contributed by atoms with E-state index in [1.165, 1.54) is 42.5 Å². The van der Waals surface area contributed by atoms with E-state index in [-0.39, 0.29) is 29.3 Å². The summed E-state index contributed by atoms with van der Waals surface area (Å²) in [6.07, 6.45) is -0.0993.